The molecule has 2 N–H and O–H groups in total. The molecule has 1 aliphatic heterocycles. The highest BCUT2D eigenvalue weighted by molar-refractivity contribution is 6.21. The molecule has 1 aromatic carbocycles. The zero-order valence-electron chi connectivity index (χ0n) is 9.13. The van der Waals surface area contributed by atoms with E-state index in [2.05, 4.69) is 0 Å². The second kappa shape index (κ2) is 5.61. The predicted octanol–water partition coefficient (Wildman–Crippen LogP) is 1.22. The van der Waals surface area contributed by atoms with E-state index in [9.17, 15) is 9.59 Å². The van der Waals surface area contributed by atoms with E-state index < -0.39 is 0 Å². The van der Waals surface area contributed by atoms with Crippen molar-refractivity contribution in [1.82, 2.24) is 4.90 Å². The van der Waals surface area contributed by atoms with Crippen molar-refractivity contribution in [3.05, 3.63) is 47.5 Å². The molecule has 1 aliphatic rings. The molecule has 5 heteroatoms. The monoisotopic (exact) mass is 252 g/mol. The minimum absolute atomic E-state index is 0. The topological polar surface area (TPSA) is 63.4 Å². The van der Waals surface area contributed by atoms with Gasteiger partial charge in [-0.3, -0.25) is 14.5 Å². The van der Waals surface area contributed by atoms with Gasteiger partial charge in [0.05, 0.1) is 11.1 Å². The van der Waals surface area contributed by atoms with Gasteiger partial charge in [-0.2, -0.15) is 0 Å². The van der Waals surface area contributed by atoms with Crippen molar-refractivity contribution in [2.24, 2.45) is 5.73 Å². The Bertz CT molecular complexity index is 436. The van der Waals surface area contributed by atoms with Crippen LogP contribution in [0.25, 0.3) is 0 Å². The van der Waals surface area contributed by atoms with Crippen molar-refractivity contribution in [1.29, 1.82) is 0 Å². The summed E-state index contributed by atoms with van der Waals surface area (Å²) in [6, 6.07) is 6.84. The van der Waals surface area contributed by atoms with Gasteiger partial charge in [-0.1, -0.05) is 24.3 Å². The Morgan fingerprint density at radius 2 is 1.59 bits per heavy atom. The number of nitrogens with two attached hydrogens (primary N) is 1. The molecule has 1 aromatic rings. The first-order valence-corrected chi connectivity index (χ1v) is 5.06. The Labute approximate surface area is 106 Å². The van der Waals surface area contributed by atoms with E-state index in [0.29, 0.717) is 17.7 Å². The second-order valence-electron chi connectivity index (χ2n) is 3.47. The quantitative estimate of drug-likeness (QED) is 0.650. The Morgan fingerprint density at radius 1 is 1.06 bits per heavy atom. The first-order valence-electron chi connectivity index (χ1n) is 5.06. The van der Waals surface area contributed by atoms with Crippen LogP contribution in [0.2, 0.25) is 0 Å². The van der Waals surface area contributed by atoms with E-state index in [-0.39, 0.29) is 30.8 Å². The van der Waals surface area contributed by atoms with E-state index in [1.54, 1.807) is 36.4 Å². The van der Waals surface area contributed by atoms with Crippen LogP contribution in [0.5, 0.6) is 0 Å². The molecule has 0 bridgehead atoms. The number of amides is 2. The molecule has 2 rings (SSSR count). The Morgan fingerprint density at radius 3 is 2.06 bits per heavy atom. The molecule has 4 nitrogen and oxygen atoms in total. The third-order valence-corrected chi connectivity index (χ3v) is 2.47. The van der Waals surface area contributed by atoms with Crippen LogP contribution in [-0.2, 0) is 0 Å². The maximum absolute atomic E-state index is 11.8. The van der Waals surface area contributed by atoms with Gasteiger partial charge < -0.3 is 5.73 Å². The highest BCUT2D eigenvalue weighted by Crippen LogP contribution is 2.21. The maximum Gasteiger partial charge on any atom is 0.261 e. The van der Waals surface area contributed by atoms with Crippen LogP contribution in [-0.4, -0.2) is 29.8 Å². The SMILES string of the molecule is Cl.NC/C=C/CN1C(=O)c2ccccc2C1=O. The number of imide groups is 1. The molecule has 90 valence electrons. The molecule has 0 fully saturated rings. The van der Waals surface area contributed by atoms with Crippen molar-refractivity contribution in [3.63, 3.8) is 0 Å². The summed E-state index contributed by atoms with van der Waals surface area (Å²) in [7, 11) is 0. The lowest BCUT2D eigenvalue weighted by atomic mass is 10.1. The van der Waals surface area contributed by atoms with Crippen LogP contribution in [0.3, 0.4) is 0 Å². The summed E-state index contributed by atoms with van der Waals surface area (Å²) >= 11 is 0. The third-order valence-electron chi connectivity index (χ3n) is 2.47. The molecule has 0 unspecified atom stereocenters. The Balaban J connectivity index is 0.00000144. The van der Waals surface area contributed by atoms with Gasteiger partial charge in [-0.25, -0.2) is 0 Å². The van der Waals surface area contributed by atoms with E-state index in [1.807, 2.05) is 0 Å². The average molecular weight is 253 g/mol. The summed E-state index contributed by atoms with van der Waals surface area (Å²) in [6.07, 6.45) is 3.45. The molecule has 0 aliphatic carbocycles. The molecular formula is C12H13ClN2O2. The van der Waals surface area contributed by atoms with Gasteiger partial charge in [0.25, 0.3) is 11.8 Å². The van der Waals surface area contributed by atoms with Gasteiger partial charge in [0.1, 0.15) is 0 Å². The van der Waals surface area contributed by atoms with E-state index in [1.165, 1.54) is 4.90 Å². The standard InChI is InChI=1S/C12H12N2O2.ClH/c13-7-3-4-8-14-11(15)9-5-1-2-6-10(9)12(14)16;/h1-6H,7-8,13H2;1H/b4-3+;. The number of nitrogens with zero attached hydrogens (tertiary/aromatic N) is 1. The first-order chi connectivity index (χ1) is 7.75. The second-order valence-corrected chi connectivity index (χ2v) is 3.47. The van der Waals surface area contributed by atoms with Gasteiger partial charge in [0.2, 0.25) is 0 Å². The molecule has 0 saturated heterocycles. The minimum Gasteiger partial charge on any atom is -0.327 e. The van der Waals surface area contributed by atoms with Crippen molar-refractivity contribution < 1.29 is 9.59 Å². The van der Waals surface area contributed by atoms with Gasteiger partial charge in [-0.05, 0) is 12.1 Å². The fraction of sp³-hybridized carbons (Fsp3) is 0.167. The molecule has 17 heavy (non-hydrogen) atoms. The minimum atomic E-state index is -0.234. The highest BCUT2D eigenvalue weighted by Gasteiger charge is 2.33. The van der Waals surface area contributed by atoms with E-state index >= 15 is 0 Å². The van der Waals surface area contributed by atoms with Crippen molar-refractivity contribution >= 4 is 24.2 Å². The Hall–Kier alpha value is -1.65. The van der Waals surface area contributed by atoms with Gasteiger partial charge in [0, 0.05) is 13.1 Å². The van der Waals surface area contributed by atoms with Crippen molar-refractivity contribution in [2.45, 2.75) is 0 Å². The third kappa shape index (κ3) is 2.38. The molecular weight excluding hydrogens is 240 g/mol. The summed E-state index contributed by atoms with van der Waals surface area (Å²) in [5.74, 6) is -0.468. The molecule has 0 aromatic heterocycles. The number of hydrogen-bond acceptors (Lipinski definition) is 3. The molecule has 0 radical (unpaired) electrons. The largest absolute Gasteiger partial charge is 0.327 e. The van der Waals surface area contributed by atoms with Crippen molar-refractivity contribution in [2.75, 3.05) is 13.1 Å². The number of carbonyl (C=O) groups is 2. The van der Waals surface area contributed by atoms with Crippen LogP contribution < -0.4 is 5.73 Å². The summed E-state index contributed by atoms with van der Waals surface area (Å²) in [6.45, 7) is 0.687. The van der Waals surface area contributed by atoms with Gasteiger partial charge in [0.15, 0.2) is 0 Å². The fourth-order valence-corrected chi connectivity index (χ4v) is 1.68. The van der Waals surface area contributed by atoms with E-state index in [0.717, 1.165) is 0 Å². The lowest BCUT2D eigenvalue weighted by Crippen LogP contribution is -2.29. The van der Waals surface area contributed by atoms with E-state index in [4.69, 9.17) is 5.73 Å². The lowest BCUT2D eigenvalue weighted by molar-refractivity contribution is 0.0672. The summed E-state index contributed by atoms with van der Waals surface area (Å²) in [5.41, 5.74) is 6.25. The Kier molecular flexibility index (Phi) is 4.43. The smallest absolute Gasteiger partial charge is 0.261 e. The average Bonchev–Trinajstić information content (AvgIpc) is 2.55. The number of fused-ring (bicyclic) bond motifs is 1. The maximum atomic E-state index is 11.8. The number of rotatable bonds is 3. The number of hydrogen-bond donors (Lipinski definition) is 1. The summed E-state index contributed by atoms with van der Waals surface area (Å²) < 4.78 is 0. The van der Waals surface area contributed by atoms with Gasteiger partial charge >= 0.3 is 0 Å². The molecule has 2 amide bonds. The molecule has 1 heterocycles. The fourth-order valence-electron chi connectivity index (χ4n) is 1.68. The molecule has 0 spiro atoms. The summed E-state index contributed by atoms with van der Waals surface area (Å²) in [5, 5.41) is 0. The number of benzene rings is 1. The van der Waals surface area contributed by atoms with Crippen LogP contribution >= 0.6 is 12.4 Å². The first kappa shape index (κ1) is 13.4. The highest BCUT2D eigenvalue weighted by atomic mass is 35.5. The zero-order valence-corrected chi connectivity index (χ0v) is 9.94. The zero-order chi connectivity index (χ0) is 11.5. The molecule has 0 saturated carbocycles. The van der Waals surface area contributed by atoms with Crippen LogP contribution in [0.1, 0.15) is 20.7 Å². The predicted molar refractivity (Wildman–Crippen MR) is 67.3 cm³/mol. The summed E-state index contributed by atoms with van der Waals surface area (Å²) in [4.78, 5) is 24.9. The van der Waals surface area contributed by atoms with Crippen LogP contribution in [0, 0.1) is 0 Å². The normalized spacial score (nSPS) is 14.1. The lowest BCUT2D eigenvalue weighted by Gasteiger charge is -2.09. The van der Waals surface area contributed by atoms with Crippen LogP contribution in [0.15, 0.2) is 36.4 Å². The van der Waals surface area contributed by atoms with Crippen LogP contribution in [0.4, 0.5) is 0 Å². The van der Waals surface area contributed by atoms with Crippen molar-refractivity contribution in [3.8, 4) is 0 Å². The number of carbonyl (C=O) groups excluding carboxylic acids is 2. The van der Waals surface area contributed by atoms with Gasteiger partial charge in [-0.15, -0.1) is 12.4 Å². The number of halogens is 1. The molecule has 0 atom stereocenters.